The summed E-state index contributed by atoms with van der Waals surface area (Å²) in [7, 11) is 1.67. The Balaban J connectivity index is 1.42. The van der Waals surface area contributed by atoms with Crippen LogP contribution in [-0.4, -0.2) is 20.4 Å². The van der Waals surface area contributed by atoms with Crippen molar-refractivity contribution in [2.45, 2.75) is 12.7 Å². The second kappa shape index (κ2) is 8.88. The van der Waals surface area contributed by atoms with Gasteiger partial charge in [-0.2, -0.15) is 13.2 Å². The zero-order valence-electron chi connectivity index (χ0n) is 19.0. The van der Waals surface area contributed by atoms with Gasteiger partial charge in [0.25, 0.3) is 11.5 Å². The quantitative estimate of drug-likeness (QED) is 0.298. The lowest BCUT2D eigenvalue weighted by molar-refractivity contribution is -0.138. The predicted molar refractivity (Wildman–Crippen MR) is 131 cm³/mol. The van der Waals surface area contributed by atoms with Crippen LogP contribution in [0.4, 0.5) is 24.5 Å². The van der Waals surface area contributed by atoms with E-state index < -0.39 is 17.6 Å². The highest BCUT2D eigenvalue weighted by Gasteiger charge is 2.32. The van der Waals surface area contributed by atoms with E-state index in [4.69, 9.17) is 0 Å². The van der Waals surface area contributed by atoms with Gasteiger partial charge in [0.1, 0.15) is 11.3 Å². The van der Waals surface area contributed by atoms with Crippen molar-refractivity contribution in [3.8, 4) is 0 Å². The van der Waals surface area contributed by atoms with Crippen molar-refractivity contribution in [2.24, 2.45) is 7.05 Å². The van der Waals surface area contributed by atoms with E-state index >= 15 is 0 Å². The van der Waals surface area contributed by atoms with Gasteiger partial charge in [-0.1, -0.05) is 36.4 Å². The van der Waals surface area contributed by atoms with Gasteiger partial charge in [0.2, 0.25) is 0 Å². The highest BCUT2D eigenvalue weighted by molar-refractivity contribution is 6.11. The van der Waals surface area contributed by atoms with E-state index in [1.54, 1.807) is 48.3 Å². The van der Waals surface area contributed by atoms with Crippen molar-refractivity contribution in [1.29, 1.82) is 0 Å². The van der Waals surface area contributed by atoms with Gasteiger partial charge in [-0.3, -0.25) is 9.59 Å². The highest BCUT2D eigenvalue weighted by Crippen LogP contribution is 2.32. The first-order valence-corrected chi connectivity index (χ1v) is 11.0. The molecule has 0 unspecified atom stereocenters. The Hall–Kier alpha value is -4.60. The maximum Gasteiger partial charge on any atom is 0.416 e. The largest absolute Gasteiger partial charge is 0.416 e. The van der Waals surface area contributed by atoms with Crippen LogP contribution in [0.15, 0.2) is 77.9 Å². The molecule has 0 aliphatic carbocycles. The summed E-state index contributed by atoms with van der Waals surface area (Å²) < 4.78 is 41.3. The van der Waals surface area contributed by atoms with Crippen molar-refractivity contribution in [3.05, 3.63) is 100 Å². The standard InChI is InChI=1S/C26H20F3N5O2/c1-34-14-16(12-21(34)25(36)31-13-15-6-2-5-9-19(15)26(27,28)29)32-20-10-11-30-23-22(20)17-7-3-4-8-18(17)24(35)33-23/h2-12,14H,13H2,1H3,(H,31,36)(H2,30,32,33,35). The first kappa shape index (κ1) is 23.2. The summed E-state index contributed by atoms with van der Waals surface area (Å²) in [4.78, 5) is 32.3. The number of amides is 1. The summed E-state index contributed by atoms with van der Waals surface area (Å²) in [5, 5.41) is 7.80. The average Bonchev–Trinajstić information content (AvgIpc) is 3.22. The van der Waals surface area contributed by atoms with Crippen LogP contribution in [0, 0.1) is 0 Å². The minimum Gasteiger partial charge on any atom is -0.354 e. The molecule has 3 aromatic heterocycles. The molecule has 0 fully saturated rings. The molecule has 5 rings (SSSR count). The lowest BCUT2D eigenvalue weighted by Gasteiger charge is -2.13. The van der Waals surface area contributed by atoms with Gasteiger partial charge < -0.3 is 20.2 Å². The molecule has 3 N–H and O–H groups in total. The molecule has 182 valence electrons. The fourth-order valence-electron chi connectivity index (χ4n) is 4.24. The van der Waals surface area contributed by atoms with Crippen molar-refractivity contribution in [3.63, 3.8) is 0 Å². The fourth-order valence-corrected chi connectivity index (χ4v) is 4.24. The van der Waals surface area contributed by atoms with Crippen LogP contribution < -0.4 is 16.2 Å². The van der Waals surface area contributed by atoms with Gasteiger partial charge in [-0.25, -0.2) is 4.98 Å². The molecule has 0 saturated carbocycles. The number of rotatable bonds is 5. The van der Waals surface area contributed by atoms with Gasteiger partial charge >= 0.3 is 6.18 Å². The van der Waals surface area contributed by atoms with E-state index in [9.17, 15) is 22.8 Å². The molecule has 2 aromatic carbocycles. The van der Waals surface area contributed by atoms with E-state index in [-0.39, 0.29) is 23.4 Å². The molecule has 3 heterocycles. The number of benzene rings is 2. The zero-order chi connectivity index (χ0) is 25.4. The van der Waals surface area contributed by atoms with Gasteiger partial charge in [-0.05, 0) is 29.8 Å². The number of carbonyl (C=O) groups excluding carboxylic acids is 1. The Morgan fingerprint density at radius 1 is 1.06 bits per heavy atom. The lowest BCUT2D eigenvalue weighted by Crippen LogP contribution is -2.26. The summed E-state index contributed by atoms with van der Waals surface area (Å²) >= 11 is 0. The van der Waals surface area contributed by atoms with E-state index in [1.807, 2.05) is 12.1 Å². The molecule has 36 heavy (non-hydrogen) atoms. The molecule has 0 atom stereocenters. The highest BCUT2D eigenvalue weighted by atomic mass is 19.4. The van der Waals surface area contributed by atoms with Crippen LogP contribution in [0.25, 0.3) is 21.8 Å². The molecular formula is C26H20F3N5O2. The number of anilines is 2. The summed E-state index contributed by atoms with van der Waals surface area (Å²) in [5.74, 6) is -0.517. The monoisotopic (exact) mass is 491 g/mol. The van der Waals surface area contributed by atoms with Crippen LogP contribution in [-0.2, 0) is 19.8 Å². The minimum atomic E-state index is -4.51. The maximum atomic E-state index is 13.3. The summed E-state index contributed by atoms with van der Waals surface area (Å²) in [6.45, 7) is -0.267. The molecule has 5 aromatic rings. The number of H-pyrrole nitrogens is 1. The Bertz CT molecular complexity index is 1670. The molecule has 7 nitrogen and oxygen atoms in total. The van der Waals surface area contributed by atoms with Crippen LogP contribution >= 0.6 is 0 Å². The summed E-state index contributed by atoms with van der Waals surface area (Å²) in [6, 6.07) is 15.7. The molecule has 0 saturated heterocycles. The predicted octanol–water partition coefficient (Wildman–Crippen LogP) is 5.11. The number of hydrogen-bond donors (Lipinski definition) is 3. The van der Waals surface area contributed by atoms with Gasteiger partial charge in [0, 0.05) is 42.1 Å². The van der Waals surface area contributed by atoms with Crippen molar-refractivity contribution in [1.82, 2.24) is 19.9 Å². The molecule has 0 spiro atoms. The third-order valence-electron chi connectivity index (χ3n) is 5.90. The van der Waals surface area contributed by atoms with Crippen LogP contribution in [0.2, 0.25) is 0 Å². The van der Waals surface area contributed by atoms with Gasteiger partial charge in [0.15, 0.2) is 0 Å². The third-order valence-corrected chi connectivity index (χ3v) is 5.90. The number of pyridine rings is 2. The van der Waals surface area contributed by atoms with E-state index in [0.717, 1.165) is 11.5 Å². The SMILES string of the molecule is Cn1cc(Nc2ccnc3[nH]c(=O)c4ccccc4c23)cc1C(=O)NCc1ccccc1C(F)(F)F. The number of aryl methyl sites for hydroxylation is 1. The second-order valence-electron chi connectivity index (χ2n) is 8.27. The maximum absolute atomic E-state index is 13.3. The Morgan fingerprint density at radius 2 is 1.78 bits per heavy atom. The van der Waals surface area contributed by atoms with Crippen LogP contribution in [0.3, 0.4) is 0 Å². The third kappa shape index (κ3) is 4.28. The second-order valence-corrected chi connectivity index (χ2v) is 8.27. The zero-order valence-corrected chi connectivity index (χ0v) is 19.0. The molecule has 0 radical (unpaired) electrons. The number of nitrogens with one attached hydrogen (secondary N) is 3. The first-order chi connectivity index (χ1) is 17.2. The Kier molecular flexibility index (Phi) is 5.71. The number of halogens is 3. The Morgan fingerprint density at radius 3 is 2.56 bits per heavy atom. The van der Waals surface area contributed by atoms with E-state index in [0.29, 0.717) is 27.8 Å². The molecule has 1 amide bonds. The fraction of sp³-hybridized carbons (Fsp3) is 0.115. The van der Waals surface area contributed by atoms with Gasteiger partial charge in [0.05, 0.1) is 16.9 Å². The topological polar surface area (TPSA) is 91.8 Å². The molecule has 0 aliphatic rings. The number of alkyl halides is 3. The number of aromatic nitrogens is 3. The van der Waals surface area contributed by atoms with Crippen LogP contribution in [0.5, 0.6) is 0 Å². The molecule has 10 heteroatoms. The summed E-state index contributed by atoms with van der Waals surface area (Å²) in [5.41, 5.74) is 0.891. The number of hydrogen-bond acceptors (Lipinski definition) is 4. The lowest BCUT2D eigenvalue weighted by atomic mass is 10.1. The van der Waals surface area contributed by atoms with Crippen molar-refractivity contribution < 1.29 is 18.0 Å². The van der Waals surface area contributed by atoms with E-state index in [1.165, 1.54) is 18.2 Å². The molecule has 0 bridgehead atoms. The number of nitrogens with zero attached hydrogens (tertiary/aromatic N) is 2. The number of fused-ring (bicyclic) bond motifs is 3. The van der Waals surface area contributed by atoms with Crippen LogP contribution in [0.1, 0.15) is 21.6 Å². The first-order valence-electron chi connectivity index (χ1n) is 11.0. The molecular weight excluding hydrogens is 471 g/mol. The number of aromatic amines is 1. The van der Waals surface area contributed by atoms with Gasteiger partial charge in [-0.15, -0.1) is 0 Å². The van der Waals surface area contributed by atoms with Crippen molar-refractivity contribution >= 4 is 39.1 Å². The average molecular weight is 491 g/mol. The van der Waals surface area contributed by atoms with E-state index in [2.05, 4.69) is 20.6 Å². The smallest absolute Gasteiger partial charge is 0.354 e. The van der Waals surface area contributed by atoms with Crippen molar-refractivity contribution in [2.75, 3.05) is 5.32 Å². The Labute approximate surface area is 202 Å². The molecule has 0 aliphatic heterocycles. The normalized spacial score (nSPS) is 11.7. The minimum absolute atomic E-state index is 0.0185. The summed E-state index contributed by atoms with van der Waals surface area (Å²) in [6.07, 6.45) is -1.26. The number of carbonyl (C=O) groups is 1.